The van der Waals surface area contributed by atoms with Gasteiger partial charge in [-0.25, -0.2) is 4.68 Å². The molecule has 1 saturated heterocycles. The Hall–Kier alpha value is -2.54. The first kappa shape index (κ1) is 18.8. The van der Waals surface area contributed by atoms with Crippen molar-refractivity contribution < 1.29 is 0 Å². The Morgan fingerprint density at radius 2 is 1.96 bits per heavy atom. The summed E-state index contributed by atoms with van der Waals surface area (Å²) < 4.78 is 1.84. The Morgan fingerprint density at radius 3 is 2.68 bits per heavy atom. The number of para-hydroxylation sites is 1. The van der Waals surface area contributed by atoms with Crippen LogP contribution in [0, 0.1) is 12.8 Å². The molecule has 0 amide bonds. The number of piperidine rings is 1. The van der Waals surface area contributed by atoms with Crippen LogP contribution in [0.3, 0.4) is 0 Å². The van der Waals surface area contributed by atoms with Gasteiger partial charge in [-0.05, 0) is 80.1 Å². The summed E-state index contributed by atoms with van der Waals surface area (Å²) in [5.41, 5.74) is 2.61. The molecular weight excluding hydrogens is 352 g/mol. The van der Waals surface area contributed by atoms with E-state index in [1.165, 1.54) is 0 Å². The summed E-state index contributed by atoms with van der Waals surface area (Å²) in [7, 11) is 0. The quantitative estimate of drug-likeness (QED) is 0.752. The van der Waals surface area contributed by atoms with Crippen LogP contribution in [0.15, 0.2) is 29.1 Å². The number of likely N-dealkylation sites (tertiary alicyclic amines) is 1. The molecule has 2 aromatic heterocycles. The van der Waals surface area contributed by atoms with Crippen LogP contribution in [0.4, 0.5) is 0 Å². The van der Waals surface area contributed by atoms with E-state index in [9.17, 15) is 4.79 Å². The van der Waals surface area contributed by atoms with Crippen LogP contribution in [0.25, 0.3) is 10.9 Å². The predicted octanol–water partition coefficient (Wildman–Crippen LogP) is 3.23. The van der Waals surface area contributed by atoms with E-state index in [1.54, 1.807) is 0 Å². The second-order valence-electron chi connectivity index (χ2n) is 8.29. The van der Waals surface area contributed by atoms with Gasteiger partial charge in [0.1, 0.15) is 6.04 Å². The number of nitrogens with zero attached hydrogens (tertiary/aromatic N) is 5. The molecule has 3 heterocycles. The molecule has 1 N–H and O–H groups in total. The third kappa shape index (κ3) is 3.35. The minimum Gasteiger partial charge on any atom is -0.321 e. The number of fused-ring (bicyclic) bond motifs is 1. The van der Waals surface area contributed by atoms with Gasteiger partial charge in [0.05, 0.1) is 11.6 Å². The number of rotatable bonds is 4. The van der Waals surface area contributed by atoms with Crippen molar-refractivity contribution in [2.75, 3.05) is 13.1 Å². The number of H-pyrrole nitrogens is 1. The highest BCUT2D eigenvalue weighted by molar-refractivity contribution is 5.82. The Labute approximate surface area is 164 Å². The van der Waals surface area contributed by atoms with Crippen molar-refractivity contribution in [3.05, 3.63) is 51.6 Å². The van der Waals surface area contributed by atoms with Gasteiger partial charge < -0.3 is 4.98 Å². The molecule has 1 unspecified atom stereocenters. The second-order valence-corrected chi connectivity index (χ2v) is 8.29. The predicted molar refractivity (Wildman–Crippen MR) is 109 cm³/mol. The first-order valence-electron chi connectivity index (χ1n) is 10.1. The van der Waals surface area contributed by atoms with E-state index >= 15 is 0 Å². The highest BCUT2D eigenvalue weighted by Gasteiger charge is 2.32. The molecule has 1 aliphatic rings. The van der Waals surface area contributed by atoms with Crippen LogP contribution >= 0.6 is 0 Å². The van der Waals surface area contributed by atoms with Gasteiger partial charge in [-0.1, -0.05) is 25.1 Å². The molecule has 0 saturated carbocycles. The third-order valence-corrected chi connectivity index (χ3v) is 5.85. The van der Waals surface area contributed by atoms with E-state index in [0.717, 1.165) is 48.2 Å². The number of hydrogen-bond acceptors (Lipinski definition) is 5. The van der Waals surface area contributed by atoms with Gasteiger partial charge in [0, 0.05) is 5.56 Å². The first-order chi connectivity index (χ1) is 13.5. The summed E-state index contributed by atoms with van der Waals surface area (Å²) in [6, 6.07) is 7.97. The lowest BCUT2D eigenvalue weighted by Crippen LogP contribution is -2.40. The molecule has 28 heavy (non-hydrogen) atoms. The normalized spacial score (nSPS) is 17.5. The van der Waals surface area contributed by atoms with Gasteiger partial charge in [-0.15, -0.1) is 5.10 Å². The van der Waals surface area contributed by atoms with Gasteiger partial charge in [0.2, 0.25) is 0 Å². The Morgan fingerprint density at radius 1 is 1.21 bits per heavy atom. The molecule has 1 fully saturated rings. The Bertz CT molecular complexity index is 1030. The minimum absolute atomic E-state index is 0.0660. The van der Waals surface area contributed by atoms with Crippen LogP contribution in [0.2, 0.25) is 0 Å². The van der Waals surface area contributed by atoms with Gasteiger partial charge in [0.15, 0.2) is 5.82 Å². The van der Waals surface area contributed by atoms with Crippen molar-refractivity contribution in [1.82, 2.24) is 30.1 Å². The number of pyridine rings is 1. The average molecular weight is 380 g/mol. The Kier molecular flexibility index (Phi) is 5.02. The SMILES string of the molecule is Cc1cccc2cc(C(c3nnnn3C(C)C)N3CCC(C)CC3)c(=O)[nH]c12. The van der Waals surface area contributed by atoms with Crippen molar-refractivity contribution in [3.8, 4) is 0 Å². The largest absolute Gasteiger partial charge is 0.321 e. The number of aryl methyl sites for hydroxylation is 1. The zero-order valence-electron chi connectivity index (χ0n) is 17.0. The molecule has 0 bridgehead atoms. The number of benzene rings is 1. The molecular formula is C21H28N6O. The number of hydrogen-bond donors (Lipinski definition) is 1. The monoisotopic (exact) mass is 380 g/mol. The zero-order chi connectivity index (χ0) is 19.8. The van der Waals surface area contributed by atoms with Gasteiger partial charge in [-0.2, -0.15) is 0 Å². The fraction of sp³-hybridized carbons (Fsp3) is 0.524. The van der Waals surface area contributed by atoms with E-state index in [4.69, 9.17) is 0 Å². The van der Waals surface area contributed by atoms with Crippen LogP contribution in [-0.4, -0.2) is 43.2 Å². The van der Waals surface area contributed by atoms with Gasteiger partial charge in [-0.3, -0.25) is 9.69 Å². The molecule has 7 heteroatoms. The number of tetrazole rings is 1. The lowest BCUT2D eigenvalue weighted by atomic mass is 9.95. The highest BCUT2D eigenvalue weighted by atomic mass is 16.1. The van der Waals surface area contributed by atoms with Crippen LogP contribution in [0.1, 0.15) is 62.6 Å². The summed E-state index contributed by atoms with van der Waals surface area (Å²) in [4.78, 5) is 18.6. The molecule has 7 nitrogen and oxygen atoms in total. The Balaban J connectivity index is 1.88. The fourth-order valence-electron chi connectivity index (χ4n) is 4.14. The van der Waals surface area contributed by atoms with Crippen LogP contribution < -0.4 is 5.56 Å². The van der Waals surface area contributed by atoms with E-state index in [0.29, 0.717) is 11.5 Å². The smallest absolute Gasteiger partial charge is 0.253 e. The maximum atomic E-state index is 13.2. The summed E-state index contributed by atoms with van der Waals surface area (Å²) >= 11 is 0. The number of aromatic nitrogens is 5. The molecule has 4 rings (SSSR count). The van der Waals surface area contributed by atoms with Crippen molar-refractivity contribution in [2.45, 2.75) is 52.6 Å². The molecule has 1 atom stereocenters. The summed E-state index contributed by atoms with van der Waals surface area (Å²) in [5.74, 6) is 1.44. The molecule has 0 radical (unpaired) electrons. The summed E-state index contributed by atoms with van der Waals surface area (Å²) in [5, 5.41) is 13.5. The van der Waals surface area contributed by atoms with Crippen molar-refractivity contribution in [1.29, 1.82) is 0 Å². The molecule has 1 aliphatic heterocycles. The van der Waals surface area contributed by atoms with E-state index < -0.39 is 0 Å². The maximum Gasteiger partial charge on any atom is 0.253 e. The minimum atomic E-state index is -0.251. The molecule has 148 valence electrons. The zero-order valence-corrected chi connectivity index (χ0v) is 17.0. The fourth-order valence-corrected chi connectivity index (χ4v) is 4.14. The van der Waals surface area contributed by atoms with E-state index in [-0.39, 0.29) is 17.6 Å². The lowest BCUT2D eigenvalue weighted by Gasteiger charge is -2.36. The first-order valence-corrected chi connectivity index (χ1v) is 10.1. The van der Waals surface area contributed by atoms with Crippen molar-refractivity contribution in [2.24, 2.45) is 5.92 Å². The molecule has 3 aromatic rings. The van der Waals surface area contributed by atoms with Crippen LogP contribution in [0.5, 0.6) is 0 Å². The van der Waals surface area contributed by atoms with Crippen molar-refractivity contribution in [3.63, 3.8) is 0 Å². The third-order valence-electron chi connectivity index (χ3n) is 5.85. The van der Waals surface area contributed by atoms with Crippen LogP contribution in [-0.2, 0) is 0 Å². The van der Waals surface area contributed by atoms with Gasteiger partial charge >= 0.3 is 0 Å². The molecule has 1 aromatic carbocycles. The standard InChI is InChI=1S/C21H28N6O/c1-13(2)27-20(23-24-25-27)19(26-10-8-14(3)9-11-26)17-12-16-7-5-6-15(4)18(16)22-21(17)28/h5-7,12-14,19H,8-11H2,1-4H3,(H,22,28). The summed E-state index contributed by atoms with van der Waals surface area (Å²) in [6.07, 6.45) is 2.23. The van der Waals surface area contributed by atoms with E-state index in [1.807, 2.05) is 35.9 Å². The lowest BCUT2D eigenvalue weighted by molar-refractivity contribution is 0.148. The van der Waals surface area contributed by atoms with Gasteiger partial charge in [0.25, 0.3) is 5.56 Å². The highest BCUT2D eigenvalue weighted by Crippen LogP contribution is 2.31. The van der Waals surface area contributed by atoms with E-state index in [2.05, 4.69) is 46.2 Å². The second kappa shape index (κ2) is 7.47. The van der Waals surface area contributed by atoms with Crippen molar-refractivity contribution >= 4 is 10.9 Å². The average Bonchev–Trinajstić information content (AvgIpc) is 3.14. The molecule has 0 spiro atoms. The topological polar surface area (TPSA) is 79.7 Å². The molecule has 0 aliphatic carbocycles. The number of aromatic amines is 1. The number of nitrogens with one attached hydrogen (secondary N) is 1. The maximum absolute atomic E-state index is 13.2. The summed E-state index contributed by atoms with van der Waals surface area (Å²) in [6.45, 7) is 10.3.